The van der Waals surface area contributed by atoms with E-state index >= 15 is 0 Å². The number of hydrogen-bond donors (Lipinski definition) is 0. The highest BCUT2D eigenvalue weighted by atomic mass is 32.2. The van der Waals surface area contributed by atoms with Crippen LogP contribution in [0.15, 0.2) is 59.5 Å². The van der Waals surface area contributed by atoms with Crippen LogP contribution in [0.3, 0.4) is 0 Å². The quantitative estimate of drug-likeness (QED) is 0.617. The van der Waals surface area contributed by atoms with Crippen molar-refractivity contribution in [1.29, 1.82) is 0 Å². The summed E-state index contributed by atoms with van der Waals surface area (Å²) in [6, 6.07) is 15.4. The van der Waals surface area contributed by atoms with Crippen LogP contribution in [0.25, 0.3) is 0 Å². The van der Waals surface area contributed by atoms with E-state index in [1.807, 2.05) is 37.3 Å². The molecule has 24 heavy (non-hydrogen) atoms. The lowest BCUT2D eigenvalue weighted by molar-refractivity contribution is -0.145. The predicted molar refractivity (Wildman–Crippen MR) is 89.6 cm³/mol. The molecule has 0 saturated carbocycles. The summed E-state index contributed by atoms with van der Waals surface area (Å²) < 4.78 is 32.4. The molecule has 0 aromatic heterocycles. The standard InChI is InChI=1S/C18H19NO4S/c1-3-16(20)23-18-17(14-7-5-4-6-8-14)19(18)24(21,22)15-11-9-13(2)10-12-15/h4-12,17-18H,3H2,1-2H3/t17-,18+,19?/m1/s1. The average molecular weight is 345 g/mol. The van der Waals surface area contributed by atoms with Crippen LogP contribution in [-0.4, -0.2) is 24.9 Å². The lowest BCUT2D eigenvalue weighted by Crippen LogP contribution is -2.18. The lowest BCUT2D eigenvalue weighted by atomic mass is 10.1. The third-order valence-electron chi connectivity index (χ3n) is 3.98. The number of aryl methyl sites for hydroxylation is 1. The van der Waals surface area contributed by atoms with Crippen LogP contribution in [0.2, 0.25) is 0 Å². The molecule has 1 saturated heterocycles. The Kier molecular flexibility index (Phi) is 4.43. The molecule has 1 unspecified atom stereocenters. The van der Waals surface area contributed by atoms with Crippen LogP contribution in [0.1, 0.15) is 30.5 Å². The largest absolute Gasteiger partial charge is 0.443 e. The van der Waals surface area contributed by atoms with Crippen LogP contribution < -0.4 is 0 Å². The Labute approximate surface area is 141 Å². The molecule has 6 heteroatoms. The smallest absolute Gasteiger partial charge is 0.307 e. The predicted octanol–water partition coefficient (Wildman–Crippen LogP) is 3.02. The number of ether oxygens (including phenoxy) is 1. The van der Waals surface area contributed by atoms with Crippen molar-refractivity contribution in [2.24, 2.45) is 0 Å². The van der Waals surface area contributed by atoms with Crippen molar-refractivity contribution in [3.63, 3.8) is 0 Å². The molecular formula is C18H19NO4S. The minimum atomic E-state index is -3.73. The van der Waals surface area contributed by atoms with Crippen LogP contribution in [0, 0.1) is 6.92 Å². The zero-order chi connectivity index (χ0) is 17.3. The first kappa shape index (κ1) is 16.7. The maximum Gasteiger partial charge on any atom is 0.307 e. The fraction of sp³-hybridized carbons (Fsp3) is 0.278. The van der Waals surface area contributed by atoms with Gasteiger partial charge < -0.3 is 4.74 Å². The summed E-state index contributed by atoms with van der Waals surface area (Å²) in [5.41, 5.74) is 1.79. The Morgan fingerprint density at radius 2 is 1.71 bits per heavy atom. The fourth-order valence-corrected chi connectivity index (χ4v) is 4.23. The van der Waals surface area contributed by atoms with Gasteiger partial charge in [0.15, 0.2) is 6.23 Å². The molecule has 0 spiro atoms. The van der Waals surface area contributed by atoms with Crippen LogP contribution >= 0.6 is 0 Å². The molecule has 0 aliphatic carbocycles. The second kappa shape index (κ2) is 6.37. The Morgan fingerprint density at radius 1 is 1.08 bits per heavy atom. The normalized spacial score (nSPS) is 22.8. The molecular weight excluding hydrogens is 326 g/mol. The zero-order valence-electron chi connectivity index (χ0n) is 13.5. The van der Waals surface area contributed by atoms with E-state index in [2.05, 4.69) is 0 Å². The third-order valence-corrected chi connectivity index (χ3v) is 5.84. The van der Waals surface area contributed by atoms with E-state index in [-0.39, 0.29) is 11.3 Å². The van der Waals surface area contributed by atoms with Gasteiger partial charge in [0.05, 0.1) is 4.90 Å². The number of carbonyl (C=O) groups is 1. The average Bonchev–Trinajstić information content (AvgIpc) is 3.30. The van der Waals surface area contributed by atoms with Crippen LogP contribution in [-0.2, 0) is 19.6 Å². The van der Waals surface area contributed by atoms with Gasteiger partial charge in [0, 0.05) is 6.42 Å². The van der Waals surface area contributed by atoms with Crippen molar-refractivity contribution in [2.75, 3.05) is 0 Å². The molecule has 1 aliphatic heterocycles. The Bertz CT molecular complexity index is 831. The Balaban J connectivity index is 1.94. The van der Waals surface area contributed by atoms with Gasteiger partial charge in [0.25, 0.3) is 0 Å². The summed E-state index contributed by atoms with van der Waals surface area (Å²) in [6.07, 6.45) is -0.581. The van der Waals surface area contributed by atoms with Gasteiger partial charge in [0.1, 0.15) is 6.04 Å². The van der Waals surface area contributed by atoms with E-state index in [1.165, 1.54) is 4.31 Å². The summed E-state index contributed by atoms with van der Waals surface area (Å²) in [5, 5.41) is 0. The van der Waals surface area contributed by atoms with E-state index in [1.54, 1.807) is 31.2 Å². The van der Waals surface area contributed by atoms with E-state index in [4.69, 9.17) is 4.74 Å². The fourth-order valence-electron chi connectivity index (χ4n) is 2.61. The third kappa shape index (κ3) is 3.07. The van der Waals surface area contributed by atoms with Gasteiger partial charge in [0.2, 0.25) is 10.0 Å². The summed E-state index contributed by atoms with van der Waals surface area (Å²) >= 11 is 0. The number of nitrogens with zero attached hydrogens (tertiary/aromatic N) is 1. The van der Waals surface area contributed by atoms with Gasteiger partial charge in [-0.1, -0.05) is 55.0 Å². The molecule has 126 valence electrons. The molecule has 1 aliphatic rings. The molecule has 0 N–H and O–H groups in total. The molecule has 1 fully saturated rings. The van der Waals surface area contributed by atoms with Crippen molar-refractivity contribution in [3.8, 4) is 0 Å². The van der Waals surface area contributed by atoms with Gasteiger partial charge in [-0.05, 0) is 24.6 Å². The van der Waals surface area contributed by atoms with Gasteiger partial charge in [-0.2, -0.15) is 0 Å². The Morgan fingerprint density at radius 3 is 2.29 bits per heavy atom. The number of esters is 1. The lowest BCUT2D eigenvalue weighted by Gasteiger charge is -2.07. The molecule has 0 bridgehead atoms. The molecule has 0 amide bonds. The van der Waals surface area contributed by atoms with Crippen molar-refractivity contribution < 1.29 is 17.9 Å². The van der Waals surface area contributed by atoms with Gasteiger partial charge in [-0.3, -0.25) is 4.79 Å². The highest BCUT2D eigenvalue weighted by Gasteiger charge is 2.59. The summed E-state index contributed by atoms with van der Waals surface area (Å²) in [6.45, 7) is 3.58. The number of benzene rings is 2. The first-order valence-electron chi connectivity index (χ1n) is 7.80. The number of carbonyl (C=O) groups excluding carboxylic acids is 1. The highest BCUT2D eigenvalue weighted by Crippen LogP contribution is 2.48. The minimum absolute atomic E-state index is 0.198. The maximum atomic E-state index is 12.9. The molecule has 3 atom stereocenters. The monoisotopic (exact) mass is 345 g/mol. The maximum absolute atomic E-state index is 12.9. The van der Waals surface area contributed by atoms with Gasteiger partial charge >= 0.3 is 5.97 Å². The van der Waals surface area contributed by atoms with E-state index in [9.17, 15) is 13.2 Å². The second-order valence-corrected chi connectivity index (χ2v) is 7.58. The SMILES string of the molecule is CCC(=O)O[C@H]1[C@@H](c2ccccc2)N1S(=O)(=O)c1ccc(C)cc1. The van der Waals surface area contributed by atoms with E-state index < -0.39 is 28.3 Å². The summed E-state index contributed by atoms with van der Waals surface area (Å²) in [7, 11) is -3.73. The molecule has 0 radical (unpaired) electrons. The number of hydrogen-bond acceptors (Lipinski definition) is 4. The summed E-state index contributed by atoms with van der Waals surface area (Å²) in [4.78, 5) is 11.8. The summed E-state index contributed by atoms with van der Waals surface area (Å²) in [5.74, 6) is -0.414. The second-order valence-electron chi connectivity index (χ2n) is 5.74. The van der Waals surface area contributed by atoms with Gasteiger partial charge in [-0.25, -0.2) is 8.42 Å². The Hall–Kier alpha value is -2.18. The van der Waals surface area contributed by atoms with Crippen LogP contribution in [0.4, 0.5) is 0 Å². The van der Waals surface area contributed by atoms with E-state index in [0.717, 1.165) is 11.1 Å². The topological polar surface area (TPSA) is 63.5 Å². The first-order valence-corrected chi connectivity index (χ1v) is 9.24. The minimum Gasteiger partial charge on any atom is -0.443 e. The first-order chi connectivity index (χ1) is 11.4. The number of sulfonamides is 1. The highest BCUT2D eigenvalue weighted by molar-refractivity contribution is 7.89. The van der Waals surface area contributed by atoms with E-state index in [0.29, 0.717) is 0 Å². The number of rotatable bonds is 5. The van der Waals surface area contributed by atoms with Crippen molar-refractivity contribution in [2.45, 2.75) is 37.4 Å². The molecule has 1 heterocycles. The van der Waals surface area contributed by atoms with Crippen molar-refractivity contribution in [1.82, 2.24) is 4.31 Å². The zero-order valence-corrected chi connectivity index (χ0v) is 14.4. The van der Waals surface area contributed by atoms with Crippen LogP contribution in [0.5, 0.6) is 0 Å². The molecule has 3 rings (SSSR count). The molecule has 2 aromatic carbocycles. The molecule has 2 aromatic rings. The van der Waals surface area contributed by atoms with Crippen molar-refractivity contribution in [3.05, 3.63) is 65.7 Å². The van der Waals surface area contributed by atoms with Crippen molar-refractivity contribution >= 4 is 16.0 Å². The molecule has 5 nitrogen and oxygen atoms in total. The van der Waals surface area contributed by atoms with Gasteiger partial charge in [-0.15, -0.1) is 4.31 Å².